The minimum Gasteiger partial charge on any atom is -0.350 e. The van der Waals surface area contributed by atoms with Gasteiger partial charge in [0.15, 0.2) is 0 Å². The second kappa shape index (κ2) is 9.64. The first-order valence-corrected chi connectivity index (χ1v) is 9.04. The number of carbonyl (C=O) groups excluding carboxylic acids is 1. The lowest BCUT2D eigenvalue weighted by Crippen LogP contribution is -2.48. The number of aromatic nitrogens is 4. The molecule has 0 radical (unpaired) electrons. The molecule has 0 spiro atoms. The maximum atomic E-state index is 12.6. The van der Waals surface area contributed by atoms with Gasteiger partial charge in [-0.05, 0) is 30.9 Å². The molecular formula is C18H27ClN6O. The number of benzene rings is 1. The lowest BCUT2D eigenvalue weighted by molar-refractivity contribution is -0.125. The maximum absolute atomic E-state index is 12.6. The molecule has 3 N–H and O–H groups in total. The number of hydrogen-bond acceptors (Lipinski definition) is 5. The van der Waals surface area contributed by atoms with E-state index in [4.69, 9.17) is 5.73 Å². The van der Waals surface area contributed by atoms with Gasteiger partial charge in [-0.15, -0.1) is 22.6 Å². The van der Waals surface area contributed by atoms with E-state index in [0.29, 0.717) is 18.3 Å². The zero-order valence-electron chi connectivity index (χ0n) is 15.0. The molecule has 8 heteroatoms. The highest BCUT2D eigenvalue weighted by molar-refractivity contribution is 5.85. The number of tetrazole rings is 1. The van der Waals surface area contributed by atoms with Gasteiger partial charge in [0.2, 0.25) is 11.7 Å². The van der Waals surface area contributed by atoms with Gasteiger partial charge in [0.25, 0.3) is 0 Å². The van der Waals surface area contributed by atoms with E-state index in [1.54, 1.807) is 6.92 Å². The SMILES string of the molecule is CC(C(=O)NC(CN)C1CCCCC1)n1nnc(-c2ccccc2)n1.Cl. The fraction of sp³-hybridized carbons (Fsp3) is 0.556. The van der Waals surface area contributed by atoms with Crippen molar-refractivity contribution in [2.45, 2.75) is 51.1 Å². The Hall–Kier alpha value is -1.99. The van der Waals surface area contributed by atoms with E-state index in [1.807, 2.05) is 30.3 Å². The molecular weight excluding hydrogens is 352 g/mol. The Morgan fingerprint density at radius 1 is 1.27 bits per heavy atom. The number of halogens is 1. The van der Waals surface area contributed by atoms with E-state index in [-0.39, 0.29) is 24.4 Å². The van der Waals surface area contributed by atoms with Crippen molar-refractivity contribution in [1.29, 1.82) is 0 Å². The molecule has 2 aromatic rings. The van der Waals surface area contributed by atoms with Gasteiger partial charge in [0.1, 0.15) is 6.04 Å². The summed E-state index contributed by atoms with van der Waals surface area (Å²) in [6.07, 6.45) is 5.99. The molecule has 142 valence electrons. The van der Waals surface area contributed by atoms with Crippen LogP contribution in [-0.4, -0.2) is 38.7 Å². The first-order chi connectivity index (χ1) is 12.2. The zero-order chi connectivity index (χ0) is 17.6. The molecule has 1 heterocycles. The minimum absolute atomic E-state index is 0. The Morgan fingerprint density at radius 2 is 1.96 bits per heavy atom. The number of nitrogens with one attached hydrogen (secondary N) is 1. The number of amides is 1. The van der Waals surface area contributed by atoms with Crippen LogP contribution in [0.5, 0.6) is 0 Å². The van der Waals surface area contributed by atoms with E-state index in [1.165, 1.54) is 24.1 Å². The molecule has 2 atom stereocenters. The van der Waals surface area contributed by atoms with Crippen LogP contribution in [-0.2, 0) is 4.79 Å². The van der Waals surface area contributed by atoms with E-state index in [0.717, 1.165) is 18.4 Å². The molecule has 1 saturated carbocycles. The molecule has 26 heavy (non-hydrogen) atoms. The van der Waals surface area contributed by atoms with Crippen molar-refractivity contribution >= 4 is 18.3 Å². The Balaban J connectivity index is 0.00000243. The molecule has 0 aliphatic heterocycles. The van der Waals surface area contributed by atoms with Crippen LogP contribution >= 0.6 is 12.4 Å². The lowest BCUT2D eigenvalue weighted by Gasteiger charge is -2.30. The quantitative estimate of drug-likeness (QED) is 0.803. The highest BCUT2D eigenvalue weighted by Gasteiger charge is 2.27. The summed E-state index contributed by atoms with van der Waals surface area (Å²) in [6, 6.07) is 9.10. The fourth-order valence-electron chi connectivity index (χ4n) is 3.41. The van der Waals surface area contributed by atoms with Crippen LogP contribution in [0.15, 0.2) is 30.3 Å². The summed E-state index contributed by atoms with van der Waals surface area (Å²) in [6.45, 7) is 2.24. The predicted molar refractivity (Wildman–Crippen MR) is 103 cm³/mol. The Bertz CT molecular complexity index is 686. The zero-order valence-corrected chi connectivity index (χ0v) is 15.9. The molecule has 1 aromatic heterocycles. The molecule has 1 fully saturated rings. The topological polar surface area (TPSA) is 98.7 Å². The average Bonchev–Trinajstić information content (AvgIpc) is 3.17. The smallest absolute Gasteiger partial charge is 0.246 e. The third-order valence-electron chi connectivity index (χ3n) is 4.99. The predicted octanol–water partition coefficient (Wildman–Crippen LogP) is 2.35. The highest BCUT2D eigenvalue weighted by Crippen LogP contribution is 2.26. The fourth-order valence-corrected chi connectivity index (χ4v) is 3.41. The molecule has 0 bridgehead atoms. The first-order valence-electron chi connectivity index (χ1n) is 9.04. The summed E-state index contributed by atoms with van der Waals surface area (Å²) in [5.41, 5.74) is 6.78. The van der Waals surface area contributed by atoms with Crippen molar-refractivity contribution in [1.82, 2.24) is 25.5 Å². The van der Waals surface area contributed by atoms with Crippen molar-refractivity contribution < 1.29 is 4.79 Å². The van der Waals surface area contributed by atoms with Gasteiger partial charge in [0.05, 0.1) is 0 Å². The van der Waals surface area contributed by atoms with Gasteiger partial charge >= 0.3 is 0 Å². The standard InChI is InChI=1S/C18H26N6O.ClH/c1-13(18(25)20-16(12-19)14-8-4-2-5-9-14)24-22-17(21-23-24)15-10-6-3-7-11-15;/h3,6-7,10-11,13-14,16H,2,4-5,8-9,12,19H2,1H3,(H,20,25);1H. The molecule has 1 aromatic carbocycles. The Kier molecular flexibility index (Phi) is 7.53. The molecule has 1 aliphatic carbocycles. The summed E-state index contributed by atoms with van der Waals surface area (Å²) in [5, 5.41) is 15.5. The molecule has 7 nitrogen and oxygen atoms in total. The number of rotatable bonds is 6. The number of carbonyl (C=O) groups is 1. The van der Waals surface area contributed by atoms with Crippen molar-refractivity contribution in [3.8, 4) is 11.4 Å². The van der Waals surface area contributed by atoms with Crippen LogP contribution in [0, 0.1) is 5.92 Å². The number of nitrogens with two attached hydrogens (primary N) is 1. The number of nitrogens with zero attached hydrogens (tertiary/aromatic N) is 4. The third-order valence-corrected chi connectivity index (χ3v) is 4.99. The van der Waals surface area contributed by atoms with Crippen LogP contribution in [0.2, 0.25) is 0 Å². The van der Waals surface area contributed by atoms with Crippen molar-refractivity contribution in [2.24, 2.45) is 11.7 Å². The normalized spacial score (nSPS) is 17.2. The van der Waals surface area contributed by atoms with Crippen molar-refractivity contribution in [3.05, 3.63) is 30.3 Å². The summed E-state index contributed by atoms with van der Waals surface area (Å²) in [4.78, 5) is 14.0. The minimum atomic E-state index is -0.525. The largest absolute Gasteiger partial charge is 0.350 e. The Labute approximate surface area is 160 Å². The first kappa shape index (κ1) is 20.3. The van der Waals surface area contributed by atoms with Crippen molar-refractivity contribution in [2.75, 3.05) is 6.54 Å². The molecule has 0 saturated heterocycles. The summed E-state index contributed by atoms with van der Waals surface area (Å²) < 4.78 is 0. The van der Waals surface area contributed by atoms with Crippen LogP contribution in [0.25, 0.3) is 11.4 Å². The highest BCUT2D eigenvalue weighted by atomic mass is 35.5. The summed E-state index contributed by atoms with van der Waals surface area (Å²) >= 11 is 0. The van der Waals surface area contributed by atoms with Crippen molar-refractivity contribution in [3.63, 3.8) is 0 Å². The van der Waals surface area contributed by atoms with Gasteiger partial charge < -0.3 is 11.1 Å². The van der Waals surface area contributed by atoms with E-state index in [9.17, 15) is 4.79 Å². The van der Waals surface area contributed by atoms with E-state index in [2.05, 4.69) is 20.7 Å². The van der Waals surface area contributed by atoms with E-state index < -0.39 is 6.04 Å². The van der Waals surface area contributed by atoms with Crippen LogP contribution in [0.4, 0.5) is 0 Å². The molecule has 2 unspecified atom stereocenters. The van der Waals surface area contributed by atoms with E-state index >= 15 is 0 Å². The second-order valence-corrected chi connectivity index (χ2v) is 6.72. The van der Waals surface area contributed by atoms with Gasteiger partial charge in [-0.1, -0.05) is 49.6 Å². The summed E-state index contributed by atoms with van der Waals surface area (Å²) in [5.74, 6) is 0.874. The molecule has 1 amide bonds. The van der Waals surface area contributed by atoms with Gasteiger partial charge in [-0.2, -0.15) is 4.80 Å². The van der Waals surface area contributed by atoms with Crippen LogP contribution in [0.1, 0.15) is 45.1 Å². The van der Waals surface area contributed by atoms with Crippen LogP contribution in [0.3, 0.4) is 0 Å². The molecule has 3 rings (SSSR count). The third kappa shape index (κ3) is 4.80. The second-order valence-electron chi connectivity index (χ2n) is 6.72. The monoisotopic (exact) mass is 378 g/mol. The maximum Gasteiger partial charge on any atom is 0.246 e. The lowest BCUT2D eigenvalue weighted by atomic mass is 9.84. The van der Waals surface area contributed by atoms with Gasteiger partial charge in [0, 0.05) is 18.2 Å². The Morgan fingerprint density at radius 3 is 2.62 bits per heavy atom. The molecule has 1 aliphatic rings. The number of hydrogen-bond donors (Lipinski definition) is 2. The average molecular weight is 379 g/mol. The van der Waals surface area contributed by atoms with Gasteiger partial charge in [-0.3, -0.25) is 4.79 Å². The summed E-state index contributed by atoms with van der Waals surface area (Å²) in [7, 11) is 0. The van der Waals surface area contributed by atoms with Crippen LogP contribution < -0.4 is 11.1 Å². The van der Waals surface area contributed by atoms with Gasteiger partial charge in [-0.25, -0.2) is 0 Å².